The third-order valence-electron chi connectivity index (χ3n) is 14.0. The molecular formula is C62H44N2O3. The average Bonchev–Trinajstić information content (AvgIpc) is 3.98. The Balaban J connectivity index is 0.967. The van der Waals surface area contributed by atoms with Gasteiger partial charge in [-0.1, -0.05) is 153 Å². The van der Waals surface area contributed by atoms with Crippen molar-refractivity contribution < 1.29 is 13.6 Å². The molecule has 67 heavy (non-hydrogen) atoms. The highest BCUT2D eigenvalue weighted by molar-refractivity contribution is 5.98. The number of hydrogen-bond acceptors (Lipinski definition) is 5. The average molecular weight is 865 g/mol. The van der Waals surface area contributed by atoms with Crippen molar-refractivity contribution >= 4 is 54.5 Å². The van der Waals surface area contributed by atoms with Crippen LogP contribution in [0.25, 0.3) is 111 Å². The van der Waals surface area contributed by atoms with E-state index in [0.717, 1.165) is 85.3 Å². The molecule has 0 N–H and O–H groups in total. The number of benzene rings is 10. The highest BCUT2D eigenvalue weighted by Gasteiger charge is 2.31. The lowest BCUT2D eigenvalue weighted by molar-refractivity contribution is 0.148. The van der Waals surface area contributed by atoms with Crippen LogP contribution in [0.1, 0.15) is 36.1 Å². The maximum absolute atomic E-state index is 7.27. The second-order valence-corrected chi connectivity index (χ2v) is 18.1. The molecule has 0 fully saturated rings. The second kappa shape index (κ2) is 15.7. The van der Waals surface area contributed by atoms with Crippen LogP contribution in [0.4, 0.5) is 0 Å². The van der Waals surface area contributed by atoms with Gasteiger partial charge in [-0.05, 0) is 140 Å². The number of para-hydroxylation sites is 2. The largest absolute Gasteiger partial charge is 0.485 e. The number of ether oxygens (including phenoxy) is 1. The molecule has 1 aliphatic heterocycles. The van der Waals surface area contributed by atoms with Crippen molar-refractivity contribution in [1.29, 1.82) is 0 Å². The molecule has 0 bridgehead atoms. The summed E-state index contributed by atoms with van der Waals surface area (Å²) in [6.07, 6.45) is 1.56. The number of oxazole rings is 2. The molecule has 10 aromatic carbocycles. The fourth-order valence-corrected chi connectivity index (χ4v) is 10.4. The zero-order valence-corrected chi connectivity index (χ0v) is 37.2. The Hall–Kier alpha value is -8.28. The number of hydrogen-bond donors (Lipinski definition) is 0. The number of rotatable bonds is 6. The van der Waals surface area contributed by atoms with Gasteiger partial charge in [0.2, 0.25) is 11.8 Å². The smallest absolute Gasteiger partial charge is 0.227 e. The van der Waals surface area contributed by atoms with E-state index < -0.39 is 0 Å². The molecule has 2 atom stereocenters. The molecule has 0 amide bonds. The molecule has 0 aliphatic carbocycles. The molecule has 5 nitrogen and oxygen atoms in total. The summed E-state index contributed by atoms with van der Waals surface area (Å²) in [4.78, 5) is 10.6. The van der Waals surface area contributed by atoms with Crippen molar-refractivity contribution in [3.63, 3.8) is 0 Å². The molecule has 2 aromatic heterocycles. The van der Waals surface area contributed by atoms with E-state index in [4.69, 9.17) is 23.5 Å². The second-order valence-electron chi connectivity index (χ2n) is 18.1. The summed E-state index contributed by atoms with van der Waals surface area (Å²) >= 11 is 0. The van der Waals surface area contributed by atoms with Crippen LogP contribution in [-0.2, 0) is 6.42 Å². The normalized spacial score (nSPS) is 15.0. The minimum atomic E-state index is -0.277. The lowest BCUT2D eigenvalue weighted by Gasteiger charge is -2.25. The minimum Gasteiger partial charge on any atom is -0.485 e. The summed E-state index contributed by atoms with van der Waals surface area (Å²) < 4.78 is 20.8. The molecule has 1 aliphatic rings. The number of aromatic nitrogens is 2. The molecule has 13 rings (SSSR count). The van der Waals surface area contributed by atoms with E-state index in [-0.39, 0.29) is 12.0 Å². The first kappa shape index (κ1) is 39.1. The Kier molecular flexibility index (Phi) is 9.17. The van der Waals surface area contributed by atoms with Gasteiger partial charge in [-0.25, -0.2) is 9.97 Å². The molecule has 2 unspecified atom stereocenters. The zero-order valence-electron chi connectivity index (χ0n) is 37.2. The van der Waals surface area contributed by atoms with Gasteiger partial charge in [-0.3, -0.25) is 0 Å². The highest BCUT2D eigenvalue weighted by Crippen LogP contribution is 2.45. The van der Waals surface area contributed by atoms with Crippen LogP contribution in [0, 0.1) is 12.8 Å². The summed E-state index contributed by atoms with van der Waals surface area (Å²) in [6, 6.07) is 68.7. The van der Waals surface area contributed by atoms with Crippen molar-refractivity contribution in [3.8, 4) is 62.0 Å². The standard InChI is InChI=1S/C62H44N2O3/c1-37-24-31-52-49(45-28-25-39-12-3-6-15-42(39)32-45)18-9-21-55(52)65-60(37)48-35-53(61-63-58-50(19-10-22-56(58)66-61)46-29-26-40-13-4-7-16-43(40)33-46)38(2)54(36-48)62-64-59-51(20-11-23-57(59)67-62)47-30-27-41-14-5-8-17-44(41)34-47/h3-23,25-30,32-37,60H,24,31H2,1-2H3. The van der Waals surface area contributed by atoms with Crippen molar-refractivity contribution in [1.82, 2.24) is 9.97 Å². The van der Waals surface area contributed by atoms with Crippen LogP contribution in [0.3, 0.4) is 0 Å². The fourth-order valence-electron chi connectivity index (χ4n) is 10.4. The van der Waals surface area contributed by atoms with E-state index in [1.807, 2.05) is 24.3 Å². The summed E-state index contributed by atoms with van der Waals surface area (Å²) in [5, 5.41) is 7.22. The van der Waals surface area contributed by atoms with Crippen molar-refractivity contribution in [2.75, 3.05) is 0 Å². The van der Waals surface area contributed by atoms with E-state index in [1.165, 1.54) is 49.0 Å². The quantitative estimate of drug-likeness (QED) is 0.167. The van der Waals surface area contributed by atoms with Gasteiger partial charge >= 0.3 is 0 Å². The van der Waals surface area contributed by atoms with E-state index in [1.54, 1.807) is 0 Å². The molecule has 0 saturated heterocycles. The van der Waals surface area contributed by atoms with E-state index in [0.29, 0.717) is 11.8 Å². The first-order valence-corrected chi connectivity index (χ1v) is 23.2. The first-order valence-electron chi connectivity index (χ1n) is 23.2. The van der Waals surface area contributed by atoms with Gasteiger partial charge < -0.3 is 13.6 Å². The van der Waals surface area contributed by atoms with Crippen LogP contribution in [0.5, 0.6) is 5.75 Å². The van der Waals surface area contributed by atoms with E-state index in [2.05, 4.69) is 184 Å². The summed E-state index contributed by atoms with van der Waals surface area (Å²) in [5.41, 5.74) is 14.7. The maximum Gasteiger partial charge on any atom is 0.227 e. The summed E-state index contributed by atoms with van der Waals surface area (Å²) in [7, 11) is 0. The molecule has 5 heteroatoms. The highest BCUT2D eigenvalue weighted by atomic mass is 16.5. The van der Waals surface area contributed by atoms with Gasteiger partial charge in [0.05, 0.1) is 0 Å². The van der Waals surface area contributed by atoms with Gasteiger partial charge in [-0.2, -0.15) is 0 Å². The van der Waals surface area contributed by atoms with Crippen molar-refractivity contribution in [2.45, 2.75) is 32.8 Å². The Labute approximate surface area is 388 Å². The van der Waals surface area contributed by atoms with Gasteiger partial charge in [0.25, 0.3) is 0 Å². The predicted octanol–water partition coefficient (Wildman–Crippen LogP) is 16.8. The Bertz CT molecular complexity index is 3740. The van der Waals surface area contributed by atoms with Gasteiger partial charge in [0.1, 0.15) is 22.9 Å². The fraction of sp³-hybridized carbons (Fsp3) is 0.0968. The molecule has 0 saturated carbocycles. The Morgan fingerprint density at radius 2 is 0.881 bits per heavy atom. The van der Waals surface area contributed by atoms with E-state index in [9.17, 15) is 0 Å². The molecule has 320 valence electrons. The van der Waals surface area contributed by atoms with E-state index >= 15 is 0 Å². The van der Waals surface area contributed by atoms with Crippen LogP contribution >= 0.6 is 0 Å². The predicted molar refractivity (Wildman–Crippen MR) is 273 cm³/mol. The Morgan fingerprint density at radius 3 is 1.39 bits per heavy atom. The van der Waals surface area contributed by atoms with Crippen LogP contribution in [0.15, 0.2) is 203 Å². The zero-order chi connectivity index (χ0) is 44.6. The molecule has 0 radical (unpaired) electrons. The van der Waals surface area contributed by atoms with Crippen LogP contribution in [-0.4, -0.2) is 9.97 Å². The number of nitrogens with zero attached hydrogens (tertiary/aromatic N) is 2. The van der Waals surface area contributed by atoms with Crippen LogP contribution in [0.2, 0.25) is 0 Å². The monoisotopic (exact) mass is 864 g/mol. The molecule has 12 aromatic rings. The topological polar surface area (TPSA) is 61.3 Å². The minimum absolute atomic E-state index is 0.173. The van der Waals surface area contributed by atoms with Crippen LogP contribution < -0.4 is 4.74 Å². The lowest BCUT2D eigenvalue weighted by atomic mass is 9.88. The molecule has 3 heterocycles. The van der Waals surface area contributed by atoms with Gasteiger partial charge in [-0.15, -0.1) is 0 Å². The van der Waals surface area contributed by atoms with Gasteiger partial charge in [0.15, 0.2) is 11.2 Å². The maximum atomic E-state index is 7.27. The van der Waals surface area contributed by atoms with Crippen molar-refractivity contribution in [3.05, 3.63) is 211 Å². The SMILES string of the molecule is Cc1c(-c2nc3c(-c4ccc5ccccc5c4)cccc3o2)cc(C2Oc3cccc(-c4ccc5ccccc5c4)c3CCC2C)cc1-c1nc2c(-c3ccc4ccccc4c3)cccc2o1. The lowest BCUT2D eigenvalue weighted by Crippen LogP contribution is -2.16. The van der Waals surface area contributed by atoms with Crippen molar-refractivity contribution in [2.24, 2.45) is 5.92 Å². The molecular weight excluding hydrogens is 821 g/mol. The third kappa shape index (κ3) is 6.77. The summed E-state index contributed by atoms with van der Waals surface area (Å²) in [6.45, 7) is 4.42. The summed E-state index contributed by atoms with van der Waals surface area (Å²) in [5.74, 6) is 2.16. The first-order chi connectivity index (χ1) is 33.0. The third-order valence-corrected chi connectivity index (χ3v) is 14.0. The van der Waals surface area contributed by atoms with Gasteiger partial charge in [0, 0.05) is 27.8 Å². The Morgan fingerprint density at radius 1 is 0.433 bits per heavy atom. The number of fused-ring (bicyclic) bond motifs is 6. The molecule has 0 spiro atoms.